The van der Waals surface area contributed by atoms with Gasteiger partial charge in [-0.2, -0.15) is 4.31 Å². The van der Waals surface area contributed by atoms with Crippen molar-refractivity contribution in [1.29, 1.82) is 0 Å². The van der Waals surface area contributed by atoms with E-state index in [0.29, 0.717) is 30.8 Å². The monoisotopic (exact) mass is 444 g/mol. The van der Waals surface area contributed by atoms with Crippen molar-refractivity contribution in [3.63, 3.8) is 0 Å². The smallest absolute Gasteiger partial charge is 0.251 e. The maximum absolute atomic E-state index is 13.2. The molecule has 1 saturated heterocycles. The summed E-state index contributed by atoms with van der Waals surface area (Å²) >= 11 is 0. The Labute approximate surface area is 185 Å². The fourth-order valence-corrected chi connectivity index (χ4v) is 5.60. The number of ether oxygens (including phenoxy) is 1. The van der Waals surface area contributed by atoms with Crippen molar-refractivity contribution in [3.05, 3.63) is 59.2 Å². The van der Waals surface area contributed by atoms with E-state index in [9.17, 15) is 13.2 Å². The van der Waals surface area contributed by atoms with Crippen molar-refractivity contribution in [2.75, 3.05) is 26.7 Å². The Morgan fingerprint density at radius 1 is 1.03 bits per heavy atom. The average molecular weight is 445 g/mol. The highest BCUT2D eigenvalue weighted by Gasteiger charge is 2.27. The normalized spacial score (nSPS) is 15.3. The lowest BCUT2D eigenvalue weighted by molar-refractivity contribution is 0.0953. The summed E-state index contributed by atoms with van der Waals surface area (Å²) < 4.78 is 33.1. The minimum atomic E-state index is -3.60. The second-order valence-corrected chi connectivity index (χ2v) is 9.91. The molecule has 0 aromatic heterocycles. The van der Waals surface area contributed by atoms with E-state index in [0.717, 1.165) is 44.3 Å². The largest absolute Gasteiger partial charge is 0.497 e. The molecule has 0 atom stereocenters. The lowest BCUT2D eigenvalue weighted by Gasteiger charge is -2.21. The average Bonchev–Trinajstić information content (AvgIpc) is 3.07. The van der Waals surface area contributed by atoms with E-state index in [-0.39, 0.29) is 10.8 Å². The van der Waals surface area contributed by atoms with Crippen LogP contribution < -0.4 is 10.1 Å². The number of hydrogen-bond acceptors (Lipinski definition) is 4. The third kappa shape index (κ3) is 6.08. The zero-order chi connectivity index (χ0) is 22.3. The molecule has 7 heteroatoms. The molecule has 1 amide bonds. The first-order valence-electron chi connectivity index (χ1n) is 10.9. The number of methoxy groups -OCH3 is 1. The third-order valence-electron chi connectivity index (χ3n) is 5.72. The fourth-order valence-electron chi connectivity index (χ4n) is 3.83. The zero-order valence-electron chi connectivity index (χ0n) is 18.4. The predicted octanol–water partition coefficient (Wildman–Crippen LogP) is 3.93. The standard InChI is InChI=1S/C24H32N2O4S/c1-19-9-12-21(18-23(19)31(28,29)26-16-5-3-4-6-17-26)24(27)25-15-7-8-20-10-13-22(30-2)14-11-20/h9-14,18H,3-8,15-17H2,1-2H3,(H,25,27). The van der Waals surface area contributed by atoms with Crippen LogP contribution in [-0.2, 0) is 16.4 Å². The van der Waals surface area contributed by atoms with Gasteiger partial charge in [0.15, 0.2) is 0 Å². The van der Waals surface area contributed by atoms with Crippen LogP contribution in [-0.4, -0.2) is 45.4 Å². The molecular formula is C24H32N2O4S. The molecule has 1 aliphatic heterocycles. The summed E-state index contributed by atoms with van der Waals surface area (Å²) in [6.07, 6.45) is 5.52. The Balaban J connectivity index is 1.61. The fraction of sp³-hybridized carbons (Fsp3) is 0.458. The van der Waals surface area contributed by atoms with Crippen LogP contribution in [0, 0.1) is 6.92 Å². The molecule has 0 bridgehead atoms. The van der Waals surface area contributed by atoms with Gasteiger partial charge in [-0.1, -0.05) is 31.0 Å². The second kappa shape index (κ2) is 10.8. The Hall–Kier alpha value is -2.38. The van der Waals surface area contributed by atoms with Gasteiger partial charge in [-0.25, -0.2) is 8.42 Å². The van der Waals surface area contributed by atoms with E-state index in [1.165, 1.54) is 11.6 Å². The van der Waals surface area contributed by atoms with Gasteiger partial charge in [0, 0.05) is 25.2 Å². The number of sulfonamides is 1. The number of hydrogen-bond donors (Lipinski definition) is 1. The lowest BCUT2D eigenvalue weighted by atomic mass is 10.1. The van der Waals surface area contributed by atoms with Crippen LogP contribution in [0.4, 0.5) is 0 Å². The van der Waals surface area contributed by atoms with E-state index in [1.54, 1.807) is 30.5 Å². The second-order valence-electron chi connectivity index (χ2n) is 8.01. The maximum Gasteiger partial charge on any atom is 0.251 e. The molecule has 0 spiro atoms. The minimum absolute atomic E-state index is 0.236. The van der Waals surface area contributed by atoms with E-state index < -0.39 is 10.0 Å². The summed E-state index contributed by atoms with van der Waals surface area (Å²) in [7, 11) is -1.96. The quantitative estimate of drug-likeness (QED) is 0.626. The van der Waals surface area contributed by atoms with Crippen LogP contribution in [0.25, 0.3) is 0 Å². The molecule has 2 aromatic rings. The number of carbonyl (C=O) groups excluding carboxylic acids is 1. The van der Waals surface area contributed by atoms with E-state index >= 15 is 0 Å². The Morgan fingerprint density at radius 2 is 1.71 bits per heavy atom. The number of rotatable bonds is 8. The van der Waals surface area contributed by atoms with Gasteiger partial charge in [-0.3, -0.25) is 4.79 Å². The maximum atomic E-state index is 13.2. The first-order valence-corrected chi connectivity index (χ1v) is 12.4. The molecule has 0 unspecified atom stereocenters. The molecule has 1 heterocycles. The molecule has 2 aromatic carbocycles. The van der Waals surface area contributed by atoms with Gasteiger partial charge < -0.3 is 10.1 Å². The van der Waals surface area contributed by atoms with Gasteiger partial charge >= 0.3 is 0 Å². The van der Waals surface area contributed by atoms with Crippen molar-refractivity contribution in [2.24, 2.45) is 0 Å². The Bertz CT molecular complexity index is 979. The topological polar surface area (TPSA) is 75.7 Å². The van der Waals surface area contributed by atoms with Gasteiger partial charge in [0.1, 0.15) is 5.75 Å². The van der Waals surface area contributed by atoms with Crippen LogP contribution in [0.2, 0.25) is 0 Å². The summed E-state index contributed by atoms with van der Waals surface area (Å²) in [4.78, 5) is 12.9. The highest BCUT2D eigenvalue weighted by molar-refractivity contribution is 7.89. The molecular weight excluding hydrogens is 412 g/mol. The summed E-state index contributed by atoms with van der Waals surface area (Å²) in [6, 6.07) is 12.8. The van der Waals surface area contributed by atoms with Gasteiger partial charge in [0.25, 0.3) is 5.91 Å². The number of carbonyl (C=O) groups is 1. The SMILES string of the molecule is COc1ccc(CCCNC(=O)c2ccc(C)c(S(=O)(=O)N3CCCCCC3)c2)cc1. The number of aryl methyl sites for hydroxylation is 2. The number of nitrogens with one attached hydrogen (secondary N) is 1. The van der Waals surface area contributed by atoms with Crippen molar-refractivity contribution < 1.29 is 17.9 Å². The van der Waals surface area contributed by atoms with Gasteiger partial charge in [0.2, 0.25) is 10.0 Å². The molecule has 1 aliphatic rings. The molecule has 168 valence electrons. The first-order chi connectivity index (χ1) is 14.9. The highest BCUT2D eigenvalue weighted by Crippen LogP contribution is 2.24. The molecule has 6 nitrogen and oxygen atoms in total. The van der Waals surface area contributed by atoms with E-state index in [2.05, 4.69) is 5.32 Å². The number of nitrogens with zero attached hydrogens (tertiary/aromatic N) is 1. The summed E-state index contributed by atoms with van der Waals surface area (Å²) in [5, 5.41) is 2.91. The van der Waals surface area contributed by atoms with Crippen LogP contribution in [0.15, 0.2) is 47.4 Å². The van der Waals surface area contributed by atoms with Crippen molar-refractivity contribution >= 4 is 15.9 Å². The summed E-state index contributed by atoms with van der Waals surface area (Å²) in [6.45, 7) is 3.39. The third-order valence-corrected chi connectivity index (χ3v) is 7.76. The molecule has 1 N–H and O–H groups in total. The van der Waals surface area contributed by atoms with Gasteiger partial charge in [0.05, 0.1) is 12.0 Å². The Morgan fingerprint density at radius 3 is 2.35 bits per heavy atom. The summed E-state index contributed by atoms with van der Waals surface area (Å²) in [5.41, 5.74) is 2.22. The molecule has 0 aliphatic carbocycles. The molecule has 0 radical (unpaired) electrons. The molecule has 3 rings (SSSR count). The highest BCUT2D eigenvalue weighted by atomic mass is 32.2. The van der Waals surface area contributed by atoms with Crippen LogP contribution in [0.5, 0.6) is 5.75 Å². The van der Waals surface area contributed by atoms with Crippen LogP contribution >= 0.6 is 0 Å². The Kier molecular flexibility index (Phi) is 8.09. The summed E-state index contributed by atoms with van der Waals surface area (Å²) in [5.74, 6) is 0.574. The number of benzene rings is 2. The van der Waals surface area contributed by atoms with Crippen LogP contribution in [0.1, 0.15) is 53.6 Å². The predicted molar refractivity (Wildman–Crippen MR) is 122 cm³/mol. The van der Waals surface area contributed by atoms with E-state index in [4.69, 9.17) is 4.74 Å². The molecule has 31 heavy (non-hydrogen) atoms. The minimum Gasteiger partial charge on any atom is -0.497 e. The molecule has 0 saturated carbocycles. The molecule has 1 fully saturated rings. The van der Waals surface area contributed by atoms with Crippen molar-refractivity contribution in [2.45, 2.75) is 50.3 Å². The van der Waals surface area contributed by atoms with Crippen LogP contribution in [0.3, 0.4) is 0 Å². The lowest BCUT2D eigenvalue weighted by Crippen LogP contribution is -2.32. The van der Waals surface area contributed by atoms with Crippen molar-refractivity contribution in [3.8, 4) is 5.75 Å². The van der Waals surface area contributed by atoms with Gasteiger partial charge in [-0.05, 0) is 68.0 Å². The first kappa shape index (κ1) is 23.3. The number of amides is 1. The van der Waals surface area contributed by atoms with Crippen molar-refractivity contribution in [1.82, 2.24) is 9.62 Å². The van der Waals surface area contributed by atoms with E-state index in [1.807, 2.05) is 24.3 Å². The zero-order valence-corrected chi connectivity index (χ0v) is 19.2. The van der Waals surface area contributed by atoms with Gasteiger partial charge in [-0.15, -0.1) is 0 Å².